The summed E-state index contributed by atoms with van der Waals surface area (Å²) in [7, 11) is 0.961. The van der Waals surface area contributed by atoms with Crippen molar-refractivity contribution >= 4 is 27.6 Å². The van der Waals surface area contributed by atoms with Crippen molar-refractivity contribution in [3.63, 3.8) is 0 Å². The predicted octanol–water partition coefficient (Wildman–Crippen LogP) is 5.34. The molecular weight excluding hydrogens is 622 g/mol. The summed E-state index contributed by atoms with van der Waals surface area (Å²) in [4.78, 5) is 25.0. The highest BCUT2D eigenvalue weighted by molar-refractivity contribution is 7.87. The molecule has 0 aliphatic heterocycles. The van der Waals surface area contributed by atoms with Crippen LogP contribution in [0.5, 0.6) is 23.1 Å². The van der Waals surface area contributed by atoms with E-state index in [1.807, 2.05) is 53.4 Å². The monoisotopic (exact) mass is 657 g/mol. The number of aryl methyl sites for hydroxylation is 1. The van der Waals surface area contributed by atoms with Gasteiger partial charge in [-0.15, -0.1) is 0 Å². The second kappa shape index (κ2) is 14.7. The lowest BCUT2D eigenvalue weighted by molar-refractivity contribution is 0.398. The number of aromatic nitrogens is 5. The molecule has 5 rings (SSSR count). The van der Waals surface area contributed by atoms with E-state index in [2.05, 4.69) is 20.3 Å². The van der Waals surface area contributed by atoms with Crippen molar-refractivity contribution < 1.29 is 26.8 Å². The number of methoxy groups -OCH3 is 3. The van der Waals surface area contributed by atoms with E-state index in [0.717, 1.165) is 22.6 Å². The summed E-state index contributed by atoms with van der Waals surface area (Å²) in [5.41, 5.74) is 3.02. The Morgan fingerprint density at radius 1 is 0.745 bits per heavy atom. The summed E-state index contributed by atoms with van der Waals surface area (Å²) in [6.07, 6.45) is 2.91. The number of pyridine rings is 2. The Labute approximate surface area is 273 Å². The number of rotatable bonds is 14. The summed E-state index contributed by atoms with van der Waals surface area (Å²) in [6.45, 7) is 4.21. The lowest BCUT2D eigenvalue weighted by Crippen LogP contribution is -2.25. The maximum absolute atomic E-state index is 12.3. The molecule has 0 bridgehead atoms. The van der Waals surface area contributed by atoms with Crippen LogP contribution in [0.4, 0.5) is 17.5 Å². The summed E-state index contributed by atoms with van der Waals surface area (Å²) in [5.74, 6) is 3.23. The van der Waals surface area contributed by atoms with Gasteiger partial charge in [0.05, 0.1) is 50.7 Å². The Morgan fingerprint density at radius 3 is 1.91 bits per heavy atom. The van der Waals surface area contributed by atoms with Crippen LogP contribution in [-0.2, 0) is 23.2 Å². The fourth-order valence-electron chi connectivity index (χ4n) is 4.51. The van der Waals surface area contributed by atoms with Gasteiger partial charge < -0.3 is 28.6 Å². The highest BCUT2D eigenvalue weighted by Crippen LogP contribution is 2.32. The molecular formula is C33H35N7O6S. The predicted molar refractivity (Wildman–Crippen MR) is 178 cm³/mol. The first kappa shape index (κ1) is 32.9. The van der Waals surface area contributed by atoms with Gasteiger partial charge in [0.1, 0.15) is 23.1 Å². The lowest BCUT2D eigenvalue weighted by atomic mass is 10.1. The average Bonchev–Trinajstić information content (AvgIpc) is 3.09. The molecule has 244 valence electrons. The Hall–Kier alpha value is -5.50. The zero-order valence-electron chi connectivity index (χ0n) is 26.7. The molecule has 0 radical (unpaired) electrons. The fourth-order valence-corrected chi connectivity index (χ4v) is 5.01. The van der Waals surface area contributed by atoms with Crippen molar-refractivity contribution in [2.45, 2.75) is 26.9 Å². The van der Waals surface area contributed by atoms with Crippen LogP contribution in [0.3, 0.4) is 0 Å². The maximum atomic E-state index is 12.3. The standard InChI is InChI=1S/C33H35N7O6S/c1-6-47(41,42)46-28-17-29(31(35-19-28)38-25-11-16-30(45-5)34-18-25)32-36-22(2)37-33(39-32)40(20-23-7-12-26(43-3)13-8-23)21-24-9-14-27(44-4)15-10-24/h7-19H,6,20-21H2,1-5H3,(H,35,38). The van der Waals surface area contributed by atoms with Crippen LogP contribution in [0.1, 0.15) is 23.9 Å². The van der Waals surface area contributed by atoms with Crippen LogP contribution in [0.15, 0.2) is 79.1 Å². The van der Waals surface area contributed by atoms with E-state index in [1.54, 1.807) is 39.5 Å². The molecule has 0 amide bonds. The van der Waals surface area contributed by atoms with Crippen molar-refractivity contribution in [1.29, 1.82) is 0 Å². The molecule has 0 spiro atoms. The van der Waals surface area contributed by atoms with Crippen LogP contribution < -0.4 is 28.6 Å². The molecule has 2 aromatic carbocycles. The molecule has 13 nitrogen and oxygen atoms in total. The normalized spacial score (nSPS) is 11.1. The minimum Gasteiger partial charge on any atom is -0.497 e. The molecule has 3 aromatic heterocycles. The first-order chi connectivity index (χ1) is 22.7. The minimum absolute atomic E-state index is 0.0215. The largest absolute Gasteiger partial charge is 0.497 e. The van der Waals surface area contributed by atoms with Gasteiger partial charge in [0.2, 0.25) is 11.8 Å². The van der Waals surface area contributed by atoms with Gasteiger partial charge in [0, 0.05) is 19.2 Å². The summed E-state index contributed by atoms with van der Waals surface area (Å²) < 4.78 is 45.8. The summed E-state index contributed by atoms with van der Waals surface area (Å²) >= 11 is 0. The zero-order chi connectivity index (χ0) is 33.4. The van der Waals surface area contributed by atoms with Gasteiger partial charge in [0.15, 0.2) is 11.6 Å². The molecule has 0 saturated carbocycles. The number of benzene rings is 2. The Morgan fingerprint density at radius 2 is 1.38 bits per heavy atom. The topological polar surface area (TPSA) is 151 Å². The molecule has 0 atom stereocenters. The number of nitrogens with zero attached hydrogens (tertiary/aromatic N) is 6. The highest BCUT2D eigenvalue weighted by Gasteiger charge is 2.20. The van der Waals surface area contributed by atoms with Gasteiger partial charge in [-0.25, -0.2) is 15.0 Å². The average molecular weight is 658 g/mol. The third-order valence-electron chi connectivity index (χ3n) is 6.97. The van der Waals surface area contributed by atoms with Crippen LogP contribution >= 0.6 is 0 Å². The quantitative estimate of drug-likeness (QED) is 0.153. The molecule has 3 heterocycles. The number of ether oxygens (including phenoxy) is 3. The van der Waals surface area contributed by atoms with E-state index < -0.39 is 10.1 Å². The van der Waals surface area contributed by atoms with Gasteiger partial charge in [-0.3, -0.25) is 0 Å². The molecule has 14 heteroatoms. The van der Waals surface area contributed by atoms with Crippen molar-refractivity contribution in [1.82, 2.24) is 24.9 Å². The van der Waals surface area contributed by atoms with E-state index in [9.17, 15) is 8.42 Å². The lowest BCUT2D eigenvalue weighted by Gasteiger charge is -2.24. The minimum atomic E-state index is -3.82. The Bertz CT molecular complexity index is 1860. The number of nitrogens with one attached hydrogen (secondary N) is 1. The molecule has 0 aliphatic rings. The number of hydrogen-bond donors (Lipinski definition) is 1. The second-order valence-corrected chi connectivity index (χ2v) is 12.1. The molecule has 47 heavy (non-hydrogen) atoms. The van der Waals surface area contributed by atoms with Crippen LogP contribution in [0, 0.1) is 6.92 Å². The maximum Gasteiger partial charge on any atom is 0.308 e. The molecule has 0 saturated heterocycles. The van der Waals surface area contributed by atoms with E-state index in [0.29, 0.717) is 47.8 Å². The fraction of sp³-hybridized carbons (Fsp3) is 0.242. The smallest absolute Gasteiger partial charge is 0.308 e. The zero-order valence-corrected chi connectivity index (χ0v) is 27.5. The van der Waals surface area contributed by atoms with E-state index >= 15 is 0 Å². The SMILES string of the molecule is CCS(=O)(=O)Oc1cnc(Nc2ccc(OC)nc2)c(-c2nc(C)nc(N(Cc3ccc(OC)cc3)Cc3ccc(OC)cc3)n2)c1. The van der Waals surface area contributed by atoms with Crippen molar-refractivity contribution in [2.24, 2.45) is 0 Å². The molecule has 5 aromatic rings. The van der Waals surface area contributed by atoms with Gasteiger partial charge in [0.25, 0.3) is 0 Å². The van der Waals surface area contributed by atoms with Crippen LogP contribution in [0.2, 0.25) is 0 Å². The summed E-state index contributed by atoms with van der Waals surface area (Å²) in [6, 6.07) is 20.6. The van der Waals surface area contributed by atoms with Crippen molar-refractivity contribution in [2.75, 3.05) is 37.3 Å². The van der Waals surface area contributed by atoms with Crippen molar-refractivity contribution in [3.8, 4) is 34.5 Å². The molecule has 0 fully saturated rings. The van der Waals surface area contributed by atoms with Crippen LogP contribution in [0.25, 0.3) is 11.4 Å². The number of hydrogen-bond acceptors (Lipinski definition) is 13. The van der Waals surface area contributed by atoms with Gasteiger partial charge in [-0.05, 0) is 61.4 Å². The van der Waals surface area contributed by atoms with E-state index in [1.165, 1.54) is 26.3 Å². The number of anilines is 3. The first-order valence-corrected chi connectivity index (χ1v) is 16.2. The first-order valence-electron chi connectivity index (χ1n) is 14.6. The van der Waals surface area contributed by atoms with E-state index in [4.69, 9.17) is 28.4 Å². The van der Waals surface area contributed by atoms with Crippen molar-refractivity contribution in [3.05, 3.63) is 96.1 Å². The van der Waals surface area contributed by atoms with Gasteiger partial charge in [-0.1, -0.05) is 24.3 Å². The molecule has 0 aliphatic carbocycles. The van der Waals surface area contributed by atoms with E-state index in [-0.39, 0.29) is 17.3 Å². The third kappa shape index (κ3) is 8.61. The second-order valence-electron chi connectivity index (χ2n) is 10.3. The van der Waals surface area contributed by atoms with Crippen LogP contribution in [-0.4, -0.2) is 60.4 Å². The Balaban J connectivity index is 1.58. The highest BCUT2D eigenvalue weighted by atomic mass is 32.2. The van der Waals surface area contributed by atoms with Gasteiger partial charge >= 0.3 is 10.1 Å². The van der Waals surface area contributed by atoms with Gasteiger partial charge in [-0.2, -0.15) is 18.4 Å². The molecule has 0 unspecified atom stereocenters. The molecule has 1 N–H and O–H groups in total. The summed E-state index contributed by atoms with van der Waals surface area (Å²) in [5, 5.41) is 3.22. The third-order valence-corrected chi connectivity index (χ3v) is 8.13. The Kier molecular flexibility index (Phi) is 10.3.